The Morgan fingerprint density at radius 3 is 2.82 bits per heavy atom. The number of hydrogen-bond donors (Lipinski definition) is 1. The van der Waals surface area contributed by atoms with Crippen LogP contribution in [-0.2, 0) is 6.54 Å². The lowest BCUT2D eigenvalue weighted by atomic mass is 10.0. The maximum atomic E-state index is 8.61. The molecule has 5 heteroatoms. The van der Waals surface area contributed by atoms with E-state index in [1.807, 2.05) is 0 Å². The van der Waals surface area contributed by atoms with Crippen molar-refractivity contribution in [1.82, 2.24) is 10.2 Å². The lowest BCUT2D eigenvalue weighted by molar-refractivity contribution is 0.216. The third-order valence-electron chi connectivity index (χ3n) is 3.06. The number of piperidine rings is 1. The van der Waals surface area contributed by atoms with E-state index in [9.17, 15) is 0 Å². The van der Waals surface area contributed by atoms with Gasteiger partial charge in [-0.2, -0.15) is 16.6 Å². The van der Waals surface area contributed by atoms with Crippen LogP contribution in [-0.4, -0.2) is 30.6 Å². The number of hydrogen-bond acceptors (Lipinski definition) is 4. The largest absolute Gasteiger partial charge is 0.310 e. The molecule has 0 aromatic carbocycles. The lowest BCUT2D eigenvalue weighted by Gasteiger charge is -2.30. The summed E-state index contributed by atoms with van der Waals surface area (Å²) in [5, 5.41) is 16.5. The van der Waals surface area contributed by atoms with Crippen LogP contribution in [0.2, 0.25) is 0 Å². The number of halogens is 1. The van der Waals surface area contributed by atoms with Gasteiger partial charge in [0.05, 0.1) is 12.6 Å². The Hall–Kier alpha value is -0.600. The molecular weight excluding hydrogens is 254 g/mol. The van der Waals surface area contributed by atoms with Crippen LogP contribution in [0.1, 0.15) is 18.4 Å². The van der Waals surface area contributed by atoms with Gasteiger partial charge in [-0.05, 0) is 35.2 Å². The number of thiophene rings is 1. The van der Waals surface area contributed by atoms with Crippen LogP contribution >= 0.6 is 23.7 Å². The van der Waals surface area contributed by atoms with Crippen molar-refractivity contribution in [3.63, 3.8) is 0 Å². The molecule has 0 unspecified atom stereocenters. The fourth-order valence-corrected chi connectivity index (χ4v) is 2.72. The highest BCUT2D eigenvalue weighted by atomic mass is 35.5. The number of likely N-dealkylation sites (tertiary alicyclic amines) is 1. The summed E-state index contributed by atoms with van der Waals surface area (Å²) in [4.78, 5) is 2.22. The minimum absolute atomic E-state index is 0. The molecule has 17 heavy (non-hydrogen) atoms. The number of nitrogens with zero attached hydrogens (tertiary/aromatic N) is 2. The van der Waals surface area contributed by atoms with Crippen molar-refractivity contribution < 1.29 is 0 Å². The van der Waals surface area contributed by atoms with E-state index in [0.717, 1.165) is 32.5 Å². The van der Waals surface area contributed by atoms with Gasteiger partial charge in [-0.15, -0.1) is 12.4 Å². The van der Waals surface area contributed by atoms with Crippen LogP contribution in [0.15, 0.2) is 16.8 Å². The summed E-state index contributed by atoms with van der Waals surface area (Å²) < 4.78 is 0. The number of rotatable bonds is 4. The molecule has 0 aliphatic carbocycles. The standard InChI is InChI=1S/C12H17N3S.ClH/c13-4-7-15-5-1-12(2-6-15)14-9-11-3-8-16-10-11;/h3,8,10,12,14H,1-2,5-7,9H2;1H. The first-order chi connectivity index (χ1) is 7.88. The van der Waals surface area contributed by atoms with Crippen LogP contribution in [0, 0.1) is 11.3 Å². The summed E-state index contributed by atoms with van der Waals surface area (Å²) in [6.07, 6.45) is 2.32. The molecule has 94 valence electrons. The fraction of sp³-hybridized carbons (Fsp3) is 0.583. The SMILES string of the molecule is Cl.N#CCN1CCC(NCc2ccsc2)CC1. The topological polar surface area (TPSA) is 39.1 Å². The molecular formula is C12H18ClN3S. The van der Waals surface area contributed by atoms with Crippen molar-refractivity contribution in [1.29, 1.82) is 5.26 Å². The average molecular weight is 272 g/mol. The van der Waals surface area contributed by atoms with Gasteiger partial charge in [-0.3, -0.25) is 4.90 Å². The zero-order chi connectivity index (χ0) is 11.2. The summed E-state index contributed by atoms with van der Waals surface area (Å²) >= 11 is 1.75. The summed E-state index contributed by atoms with van der Waals surface area (Å²) in [7, 11) is 0. The first-order valence-electron chi connectivity index (χ1n) is 5.72. The Morgan fingerprint density at radius 1 is 1.47 bits per heavy atom. The minimum Gasteiger partial charge on any atom is -0.310 e. The van der Waals surface area contributed by atoms with E-state index in [4.69, 9.17) is 5.26 Å². The summed E-state index contributed by atoms with van der Waals surface area (Å²) in [6, 6.07) is 5.00. The van der Waals surface area contributed by atoms with Gasteiger partial charge in [0.2, 0.25) is 0 Å². The van der Waals surface area contributed by atoms with E-state index < -0.39 is 0 Å². The van der Waals surface area contributed by atoms with Crippen LogP contribution in [0.4, 0.5) is 0 Å². The van der Waals surface area contributed by atoms with Crippen LogP contribution < -0.4 is 5.32 Å². The molecule has 0 bridgehead atoms. The van der Waals surface area contributed by atoms with Gasteiger partial charge >= 0.3 is 0 Å². The van der Waals surface area contributed by atoms with E-state index in [1.54, 1.807) is 11.3 Å². The summed E-state index contributed by atoms with van der Waals surface area (Å²) in [5.41, 5.74) is 1.38. The van der Waals surface area contributed by atoms with Crippen LogP contribution in [0.5, 0.6) is 0 Å². The first-order valence-corrected chi connectivity index (χ1v) is 6.66. The predicted molar refractivity (Wildman–Crippen MR) is 73.5 cm³/mol. The monoisotopic (exact) mass is 271 g/mol. The Balaban J connectivity index is 0.00000144. The Labute approximate surface area is 113 Å². The first kappa shape index (κ1) is 14.5. The molecule has 1 aliphatic heterocycles. The van der Waals surface area contributed by atoms with Crippen LogP contribution in [0.25, 0.3) is 0 Å². The van der Waals surface area contributed by atoms with Gasteiger partial charge < -0.3 is 5.32 Å². The Kier molecular flexibility index (Phi) is 6.53. The van der Waals surface area contributed by atoms with E-state index in [0.29, 0.717) is 12.6 Å². The molecule has 1 fully saturated rings. The Morgan fingerprint density at radius 2 is 2.24 bits per heavy atom. The van der Waals surface area contributed by atoms with E-state index in [2.05, 4.69) is 33.1 Å². The second-order valence-electron chi connectivity index (χ2n) is 4.22. The zero-order valence-corrected chi connectivity index (χ0v) is 11.4. The van der Waals surface area contributed by atoms with E-state index in [1.165, 1.54) is 5.56 Å². The lowest BCUT2D eigenvalue weighted by Crippen LogP contribution is -2.42. The van der Waals surface area contributed by atoms with Gasteiger partial charge in [0, 0.05) is 25.7 Å². The number of nitrogens with one attached hydrogen (secondary N) is 1. The van der Waals surface area contributed by atoms with Gasteiger partial charge in [0.1, 0.15) is 0 Å². The molecule has 0 spiro atoms. The molecule has 0 atom stereocenters. The molecule has 1 aromatic heterocycles. The molecule has 0 saturated carbocycles. The summed E-state index contributed by atoms with van der Waals surface area (Å²) in [6.45, 7) is 3.66. The molecule has 2 rings (SSSR count). The van der Waals surface area contributed by atoms with Gasteiger partial charge in [-0.1, -0.05) is 0 Å². The molecule has 1 saturated heterocycles. The van der Waals surface area contributed by atoms with E-state index in [-0.39, 0.29) is 12.4 Å². The minimum atomic E-state index is 0. The van der Waals surface area contributed by atoms with Crippen molar-refractivity contribution in [3.05, 3.63) is 22.4 Å². The maximum Gasteiger partial charge on any atom is 0.0866 e. The molecule has 2 heterocycles. The summed E-state index contributed by atoms with van der Waals surface area (Å²) in [5.74, 6) is 0. The van der Waals surface area contributed by atoms with Gasteiger partial charge in [0.25, 0.3) is 0 Å². The smallest absolute Gasteiger partial charge is 0.0866 e. The quantitative estimate of drug-likeness (QED) is 0.854. The Bertz CT molecular complexity index is 339. The van der Waals surface area contributed by atoms with Crippen molar-refractivity contribution >= 4 is 23.7 Å². The number of nitriles is 1. The molecule has 0 radical (unpaired) electrons. The van der Waals surface area contributed by atoms with E-state index >= 15 is 0 Å². The molecule has 0 amide bonds. The third-order valence-corrected chi connectivity index (χ3v) is 3.79. The third kappa shape index (κ3) is 4.64. The maximum absolute atomic E-state index is 8.61. The highest BCUT2D eigenvalue weighted by molar-refractivity contribution is 7.07. The van der Waals surface area contributed by atoms with Crippen molar-refractivity contribution in [2.75, 3.05) is 19.6 Å². The average Bonchev–Trinajstić information content (AvgIpc) is 2.82. The van der Waals surface area contributed by atoms with Crippen molar-refractivity contribution in [3.8, 4) is 6.07 Å². The molecule has 1 aromatic rings. The van der Waals surface area contributed by atoms with Gasteiger partial charge in [-0.25, -0.2) is 0 Å². The van der Waals surface area contributed by atoms with Gasteiger partial charge in [0.15, 0.2) is 0 Å². The molecule has 1 aliphatic rings. The van der Waals surface area contributed by atoms with Crippen LogP contribution in [0.3, 0.4) is 0 Å². The zero-order valence-electron chi connectivity index (χ0n) is 9.76. The predicted octanol–water partition coefficient (Wildman–Crippen LogP) is 2.25. The normalized spacial score (nSPS) is 17.4. The highest BCUT2D eigenvalue weighted by Gasteiger charge is 2.17. The molecule has 1 N–H and O–H groups in total. The highest BCUT2D eigenvalue weighted by Crippen LogP contribution is 2.11. The second-order valence-corrected chi connectivity index (χ2v) is 5.00. The van der Waals surface area contributed by atoms with Crippen molar-refractivity contribution in [2.24, 2.45) is 0 Å². The van der Waals surface area contributed by atoms with Crippen molar-refractivity contribution in [2.45, 2.75) is 25.4 Å². The molecule has 3 nitrogen and oxygen atoms in total. The second kappa shape index (κ2) is 7.67. The fourth-order valence-electron chi connectivity index (χ4n) is 2.05.